The van der Waals surface area contributed by atoms with Crippen LogP contribution < -0.4 is 10.1 Å². The minimum absolute atomic E-state index is 0. The SMILES string of the molecule is CCNC(=NCCc1cccc(OC)c1)N1CCCC(C)C1.I. The summed E-state index contributed by atoms with van der Waals surface area (Å²) < 4.78 is 5.27. The summed E-state index contributed by atoms with van der Waals surface area (Å²) in [5.41, 5.74) is 1.27. The van der Waals surface area contributed by atoms with Crippen LogP contribution in [-0.4, -0.2) is 44.1 Å². The maximum atomic E-state index is 5.27. The molecular formula is C18H30IN3O. The second kappa shape index (κ2) is 10.7. The van der Waals surface area contributed by atoms with Crippen molar-refractivity contribution in [1.29, 1.82) is 0 Å². The minimum Gasteiger partial charge on any atom is -0.497 e. The fourth-order valence-corrected chi connectivity index (χ4v) is 2.93. The van der Waals surface area contributed by atoms with E-state index in [9.17, 15) is 0 Å². The van der Waals surface area contributed by atoms with Gasteiger partial charge >= 0.3 is 0 Å². The summed E-state index contributed by atoms with van der Waals surface area (Å²) in [5.74, 6) is 2.74. The highest BCUT2D eigenvalue weighted by molar-refractivity contribution is 14.0. The monoisotopic (exact) mass is 431 g/mol. The zero-order valence-electron chi connectivity index (χ0n) is 14.5. The molecule has 2 rings (SSSR count). The number of nitrogens with one attached hydrogen (secondary N) is 1. The highest BCUT2D eigenvalue weighted by atomic mass is 127. The predicted molar refractivity (Wildman–Crippen MR) is 108 cm³/mol. The van der Waals surface area contributed by atoms with Crippen molar-refractivity contribution >= 4 is 29.9 Å². The van der Waals surface area contributed by atoms with Crippen molar-refractivity contribution < 1.29 is 4.74 Å². The topological polar surface area (TPSA) is 36.9 Å². The molecule has 1 N–H and O–H groups in total. The highest BCUT2D eigenvalue weighted by Gasteiger charge is 2.18. The molecule has 5 heteroatoms. The largest absolute Gasteiger partial charge is 0.497 e. The summed E-state index contributed by atoms with van der Waals surface area (Å²) in [6.45, 7) is 8.42. The summed E-state index contributed by atoms with van der Waals surface area (Å²) in [5, 5.41) is 3.43. The summed E-state index contributed by atoms with van der Waals surface area (Å²) in [6.07, 6.45) is 3.54. The lowest BCUT2D eigenvalue weighted by molar-refractivity contribution is 0.266. The molecule has 0 aromatic heterocycles. The van der Waals surface area contributed by atoms with Gasteiger partial charge in [0, 0.05) is 26.2 Å². The van der Waals surface area contributed by atoms with E-state index in [-0.39, 0.29) is 24.0 Å². The number of piperidine rings is 1. The number of nitrogens with zero attached hydrogens (tertiary/aromatic N) is 2. The zero-order valence-corrected chi connectivity index (χ0v) is 16.9. The number of aliphatic imine (C=N–C) groups is 1. The molecule has 1 aromatic carbocycles. The van der Waals surface area contributed by atoms with Crippen LogP contribution in [0.1, 0.15) is 32.3 Å². The molecule has 0 aliphatic carbocycles. The van der Waals surface area contributed by atoms with Gasteiger partial charge in [0.2, 0.25) is 0 Å². The van der Waals surface area contributed by atoms with E-state index >= 15 is 0 Å². The lowest BCUT2D eigenvalue weighted by Crippen LogP contribution is -2.46. The van der Waals surface area contributed by atoms with Gasteiger partial charge in [0.05, 0.1) is 7.11 Å². The Morgan fingerprint density at radius 1 is 1.43 bits per heavy atom. The molecule has 1 unspecified atom stereocenters. The fourth-order valence-electron chi connectivity index (χ4n) is 2.93. The first-order valence-corrected chi connectivity index (χ1v) is 8.39. The summed E-state index contributed by atoms with van der Waals surface area (Å²) >= 11 is 0. The number of ether oxygens (including phenoxy) is 1. The molecule has 0 radical (unpaired) electrons. The second-order valence-electron chi connectivity index (χ2n) is 6.03. The molecule has 4 nitrogen and oxygen atoms in total. The highest BCUT2D eigenvalue weighted by Crippen LogP contribution is 2.16. The third-order valence-electron chi connectivity index (χ3n) is 4.09. The third-order valence-corrected chi connectivity index (χ3v) is 4.09. The second-order valence-corrected chi connectivity index (χ2v) is 6.03. The van der Waals surface area contributed by atoms with Gasteiger partial charge in [0.15, 0.2) is 5.96 Å². The molecule has 1 aliphatic rings. The van der Waals surface area contributed by atoms with Gasteiger partial charge < -0.3 is 15.0 Å². The number of hydrogen-bond acceptors (Lipinski definition) is 2. The van der Waals surface area contributed by atoms with Gasteiger partial charge in [0.25, 0.3) is 0 Å². The molecule has 1 heterocycles. The van der Waals surface area contributed by atoms with Gasteiger partial charge in [-0.2, -0.15) is 0 Å². The lowest BCUT2D eigenvalue weighted by Gasteiger charge is -2.33. The van der Waals surface area contributed by atoms with Crippen LogP contribution in [0.3, 0.4) is 0 Å². The molecule has 0 bridgehead atoms. The first kappa shape index (κ1) is 20.1. The number of hydrogen-bond donors (Lipinski definition) is 1. The average molecular weight is 431 g/mol. The van der Waals surface area contributed by atoms with Crippen molar-refractivity contribution in [3.05, 3.63) is 29.8 Å². The maximum absolute atomic E-state index is 5.27. The molecule has 0 saturated carbocycles. The van der Waals surface area contributed by atoms with Gasteiger partial charge in [-0.3, -0.25) is 4.99 Å². The van der Waals surface area contributed by atoms with E-state index in [4.69, 9.17) is 9.73 Å². The Hall–Kier alpha value is -0.980. The van der Waals surface area contributed by atoms with Gasteiger partial charge in [-0.15, -0.1) is 24.0 Å². The lowest BCUT2D eigenvalue weighted by atomic mass is 10.0. The Morgan fingerprint density at radius 2 is 2.26 bits per heavy atom. The van der Waals surface area contributed by atoms with Crippen molar-refractivity contribution in [2.45, 2.75) is 33.1 Å². The van der Waals surface area contributed by atoms with E-state index in [0.29, 0.717) is 0 Å². The van der Waals surface area contributed by atoms with E-state index in [1.165, 1.54) is 18.4 Å². The maximum Gasteiger partial charge on any atom is 0.193 e. The molecule has 1 atom stereocenters. The van der Waals surface area contributed by atoms with E-state index in [0.717, 1.165) is 50.2 Å². The summed E-state index contributed by atoms with van der Waals surface area (Å²) in [4.78, 5) is 7.22. The molecule has 1 saturated heterocycles. The van der Waals surface area contributed by atoms with Gasteiger partial charge in [-0.25, -0.2) is 0 Å². The smallest absolute Gasteiger partial charge is 0.193 e. The number of methoxy groups -OCH3 is 1. The fraction of sp³-hybridized carbons (Fsp3) is 0.611. The number of benzene rings is 1. The quantitative estimate of drug-likeness (QED) is 0.440. The van der Waals surface area contributed by atoms with Crippen LogP contribution in [0.25, 0.3) is 0 Å². The van der Waals surface area contributed by atoms with Crippen molar-refractivity contribution in [1.82, 2.24) is 10.2 Å². The van der Waals surface area contributed by atoms with Gasteiger partial charge in [-0.05, 0) is 49.8 Å². The standard InChI is InChI=1S/C18H29N3O.HI/c1-4-19-18(21-12-6-7-15(2)14-21)20-11-10-16-8-5-9-17(13-16)22-3;/h5,8-9,13,15H,4,6-7,10-12,14H2,1-3H3,(H,19,20);1H. The van der Waals surface area contributed by atoms with E-state index in [2.05, 4.69) is 36.2 Å². The van der Waals surface area contributed by atoms with Crippen LogP contribution >= 0.6 is 24.0 Å². The van der Waals surface area contributed by atoms with E-state index in [1.54, 1.807) is 7.11 Å². The van der Waals surface area contributed by atoms with Crippen LogP contribution in [0, 0.1) is 5.92 Å². The molecule has 0 spiro atoms. The normalized spacial score (nSPS) is 18.3. The molecule has 23 heavy (non-hydrogen) atoms. The Kier molecular flexibility index (Phi) is 9.36. The number of guanidine groups is 1. The van der Waals surface area contributed by atoms with Gasteiger partial charge in [-0.1, -0.05) is 19.1 Å². The first-order valence-electron chi connectivity index (χ1n) is 8.39. The van der Waals surface area contributed by atoms with Crippen molar-refractivity contribution in [3.8, 4) is 5.75 Å². The zero-order chi connectivity index (χ0) is 15.8. The molecular weight excluding hydrogens is 401 g/mol. The first-order chi connectivity index (χ1) is 10.7. The van der Waals surface area contributed by atoms with Crippen molar-refractivity contribution in [2.75, 3.05) is 33.3 Å². The van der Waals surface area contributed by atoms with Crippen LogP contribution in [0.5, 0.6) is 5.75 Å². The summed E-state index contributed by atoms with van der Waals surface area (Å²) in [6, 6.07) is 8.24. The van der Waals surface area contributed by atoms with Crippen LogP contribution in [0.15, 0.2) is 29.3 Å². The molecule has 130 valence electrons. The molecule has 1 aromatic rings. The van der Waals surface area contributed by atoms with Crippen LogP contribution in [0.2, 0.25) is 0 Å². The predicted octanol–water partition coefficient (Wildman–Crippen LogP) is 3.55. The van der Waals surface area contributed by atoms with Crippen LogP contribution in [0.4, 0.5) is 0 Å². The Morgan fingerprint density at radius 3 is 2.96 bits per heavy atom. The van der Waals surface area contributed by atoms with Crippen molar-refractivity contribution in [2.24, 2.45) is 10.9 Å². The molecule has 1 aliphatic heterocycles. The average Bonchev–Trinajstić information content (AvgIpc) is 2.54. The van der Waals surface area contributed by atoms with Crippen molar-refractivity contribution in [3.63, 3.8) is 0 Å². The Bertz CT molecular complexity index is 493. The Labute approximate surface area is 157 Å². The Balaban J connectivity index is 0.00000264. The van der Waals surface area contributed by atoms with E-state index < -0.39 is 0 Å². The summed E-state index contributed by atoms with van der Waals surface area (Å²) in [7, 11) is 1.71. The van der Waals surface area contributed by atoms with E-state index in [1.807, 2.05) is 12.1 Å². The third kappa shape index (κ3) is 6.57. The molecule has 1 fully saturated rings. The number of likely N-dealkylation sites (tertiary alicyclic amines) is 1. The van der Waals surface area contributed by atoms with Gasteiger partial charge in [0.1, 0.15) is 5.75 Å². The number of halogens is 1. The van der Waals surface area contributed by atoms with Crippen LogP contribution in [-0.2, 0) is 6.42 Å². The minimum atomic E-state index is 0. The molecule has 0 amide bonds. The number of rotatable bonds is 5.